The molecule has 0 aromatic carbocycles. The third-order valence-corrected chi connectivity index (χ3v) is 2.75. The molecule has 0 unspecified atom stereocenters. The van der Waals surface area contributed by atoms with Crippen molar-refractivity contribution in [3.8, 4) is 0 Å². The predicted octanol–water partition coefficient (Wildman–Crippen LogP) is -0.613. The highest BCUT2D eigenvalue weighted by atomic mass is 16.4. The van der Waals surface area contributed by atoms with Crippen LogP contribution in [0.2, 0.25) is 0 Å². The van der Waals surface area contributed by atoms with Crippen LogP contribution in [0.1, 0.15) is 21.9 Å². The van der Waals surface area contributed by atoms with Gasteiger partial charge in [-0.15, -0.1) is 5.10 Å². The standard InChI is InChI=1S/C12H15N5O4/c13-4-3-9-11(12(19)20)15-16-17(9)7-10(18)14-6-8-2-1-5-21-8/h1-2,5H,3-4,6-7,13H2,(H,14,18)(H,19,20). The van der Waals surface area contributed by atoms with Crippen molar-refractivity contribution in [1.29, 1.82) is 0 Å². The van der Waals surface area contributed by atoms with E-state index in [-0.39, 0.29) is 37.7 Å². The number of rotatable bonds is 7. The minimum Gasteiger partial charge on any atom is -0.476 e. The van der Waals surface area contributed by atoms with E-state index in [4.69, 9.17) is 15.3 Å². The zero-order chi connectivity index (χ0) is 15.2. The van der Waals surface area contributed by atoms with Crippen LogP contribution in [0.5, 0.6) is 0 Å². The van der Waals surface area contributed by atoms with Crippen molar-refractivity contribution in [2.45, 2.75) is 19.5 Å². The molecule has 0 saturated heterocycles. The number of nitrogens with one attached hydrogen (secondary N) is 1. The summed E-state index contributed by atoms with van der Waals surface area (Å²) in [5.74, 6) is -0.900. The van der Waals surface area contributed by atoms with Crippen LogP contribution in [0.3, 0.4) is 0 Å². The predicted molar refractivity (Wildman–Crippen MR) is 70.3 cm³/mol. The second kappa shape index (κ2) is 6.66. The largest absolute Gasteiger partial charge is 0.476 e. The molecular weight excluding hydrogens is 278 g/mol. The smallest absolute Gasteiger partial charge is 0.358 e. The minimum absolute atomic E-state index is 0.129. The number of carboxylic acid groups (broad SMARTS) is 1. The van der Waals surface area contributed by atoms with Crippen LogP contribution in [0, 0.1) is 0 Å². The number of aromatic carboxylic acids is 1. The number of amides is 1. The molecule has 2 rings (SSSR count). The highest BCUT2D eigenvalue weighted by Gasteiger charge is 2.19. The molecule has 2 heterocycles. The normalized spacial score (nSPS) is 10.5. The zero-order valence-electron chi connectivity index (χ0n) is 11.2. The van der Waals surface area contributed by atoms with Gasteiger partial charge in [-0.05, 0) is 18.7 Å². The third-order valence-electron chi connectivity index (χ3n) is 2.75. The van der Waals surface area contributed by atoms with Gasteiger partial charge in [-0.3, -0.25) is 4.79 Å². The van der Waals surface area contributed by atoms with E-state index in [1.807, 2.05) is 0 Å². The van der Waals surface area contributed by atoms with Gasteiger partial charge in [0.2, 0.25) is 5.91 Å². The lowest BCUT2D eigenvalue weighted by molar-refractivity contribution is -0.122. The van der Waals surface area contributed by atoms with E-state index in [0.717, 1.165) is 0 Å². The van der Waals surface area contributed by atoms with Gasteiger partial charge in [0.25, 0.3) is 0 Å². The highest BCUT2D eigenvalue weighted by Crippen LogP contribution is 2.06. The molecule has 0 fully saturated rings. The molecule has 21 heavy (non-hydrogen) atoms. The van der Waals surface area contributed by atoms with Gasteiger partial charge in [0.1, 0.15) is 12.3 Å². The lowest BCUT2D eigenvalue weighted by atomic mass is 10.2. The number of furan rings is 1. The second-order valence-electron chi connectivity index (χ2n) is 4.24. The van der Waals surface area contributed by atoms with Crippen LogP contribution in [0.4, 0.5) is 0 Å². The van der Waals surface area contributed by atoms with Crippen LogP contribution in [-0.4, -0.2) is 38.5 Å². The van der Waals surface area contributed by atoms with Crippen LogP contribution < -0.4 is 11.1 Å². The molecule has 2 aromatic rings. The zero-order valence-corrected chi connectivity index (χ0v) is 11.2. The van der Waals surface area contributed by atoms with Gasteiger partial charge in [-0.1, -0.05) is 5.21 Å². The second-order valence-corrected chi connectivity index (χ2v) is 4.24. The van der Waals surface area contributed by atoms with E-state index in [2.05, 4.69) is 15.6 Å². The summed E-state index contributed by atoms with van der Waals surface area (Å²) in [7, 11) is 0. The Morgan fingerprint density at radius 1 is 1.48 bits per heavy atom. The van der Waals surface area contributed by atoms with E-state index < -0.39 is 5.97 Å². The van der Waals surface area contributed by atoms with Gasteiger partial charge in [0.05, 0.1) is 18.5 Å². The number of nitrogens with zero attached hydrogens (tertiary/aromatic N) is 3. The van der Waals surface area contributed by atoms with E-state index in [1.54, 1.807) is 12.1 Å². The van der Waals surface area contributed by atoms with Crippen LogP contribution in [0.25, 0.3) is 0 Å². The molecule has 9 nitrogen and oxygen atoms in total. The number of carbonyl (C=O) groups is 2. The summed E-state index contributed by atoms with van der Waals surface area (Å²) < 4.78 is 6.33. The van der Waals surface area contributed by atoms with Crippen molar-refractivity contribution in [2.75, 3.05) is 6.54 Å². The third kappa shape index (κ3) is 3.66. The minimum atomic E-state index is -1.19. The summed E-state index contributed by atoms with van der Waals surface area (Å²) in [6.45, 7) is 0.358. The molecular formula is C12H15N5O4. The summed E-state index contributed by atoms with van der Waals surface area (Å²) in [6.07, 6.45) is 1.79. The number of aromatic nitrogens is 3. The molecule has 4 N–H and O–H groups in total. The Hall–Kier alpha value is -2.68. The summed E-state index contributed by atoms with van der Waals surface area (Å²) in [5.41, 5.74) is 5.59. The monoisotopic (exact) mass is 293 g/mol. The van der Waals surface area contributed by atoms with Crippen molar-refractivity contribution in [3.63, 3.8) is 0 Å². The summed E-state index contributed by atoms with van der Waals surface area (Å²) >= 11 is 0. The lowest BCUT2D eigenvalue weighted by Crippen LogP contribution is -2.28. The molecule has 1 amide bonds. The fourth-order valence-electron chi connectivity index (χ4n) is 1.80. The summed E-state index contributed by atoms with van der Waals surface area (Å²) in [4.78, 5) is 22.8. The van der Waals surface area contributed by atoms with Gasteiger partial charge < -0.3 is 20.6 Å². The Morgan fingerprint density at radius 3 is 2.90 bits per heavy atom. The number of nitrogens with two attached hydrogens (primary N) is 1. The molecule has 0 aliphatic carbocycles. The Kier molecular flexibility index (Phi) is 4.67. The molecule has 112 valence electrons. The van der Waals surface area contributed by atoms with E-state index in [1.165, 1.54) is 10.9 Å². The number of hydrogen-bond acceptors (Lipinski definition) is 6. The molecule has 0 atom stereocenters. The molecule has 0 aliphatic heterocycles. The molecule has 2 aromatic heterocycles. The van der Waals surface area contributed by atoms with E-state index in [9.17, 15) is 9.59 Å². The quantitative estimate of drug-likeness (QED) is 0.619. The molecule has 0 aliphatic rings. The molecule has 0 radical (unpaired) electrons. The number of carboxylic acids is 1. The van der Waals surface area contributed by atoms with Gasteiger partial charge in [-0.25, -0.2) is 9.48 Å². The summed E-state index contributed by atoms with van der Waals surface area (Å²) in [6, 6.07) is 3.45. The summed E-state index contributed by atoms with van der Waals surface area (Å²) in [5, 5.41) is 18.9. The Bertz CT molecular complexity index is 620. The Labute approximate surface area is 119 Å². The first kappa shape index (κ1) is 14.7. The Balaban J connectivity index is 2.01. The van der Waals surface area contributed by atoms with E-state index >= 15 is 0 Å². The number of hydrogen-bond donors (Lipinski definition) is 3. The van der Waals surface area contributed by atoms with Crippen molar-refractivity contribution in [1.82, 2.24) is 20.3 Å². The van der Waals surface area contributed by atoms with Gasteiger partial charge in [0.15, 0.2) is 5.69 Å². The maximum Gasteiger partial charge on any atom is 0.358 e. The van der Waals surface area contributed by atoms with Crippen LogP contribution >= 0.6 is 0 Å². The lowest BCUT2D eigenvalue weighted by Gasteiger charge is -2.06. The fraction of sp³-hybridized carbons (Fsp3) is 0.333. The SMILES string of the molecule is NCCc1c(C(=O)O)nnn1CC(=O)NCc1ccco1. The molecule has 0 bridgehead atoms. The van der Waals surface area contributed by atoms with Crippen molar-refractivity contribution in [2.24, 2.45) is 5.73 Å². The highest BCUT2D eigenvalue weighted by molar-refractivity contribution is 5.86. The Morgan fingerprint density at radius 2 is 2.29 bits per heavy atom. The maximum atomic E-state index is 11.8. The average Bonchev–Trinajstić information content (AvgIpc) is 3.07. The average molecular weight is 293 g/mol. The first-order valence-corrected chi connectivity index (χ1v) is 6.26. The van der Waals surface area contributed by atoms with Crippen LogP contribution in [0.15, 0.2) is 22.8 Å². The maximum absolute atomic E-state index is 11.8. The van der Waals surface area contributed by atoms with E-state index in [0.29, 0.717) is 11.5 Å². The van der Waals surface area contributed by atoms with Crippen molar-refractivity contribution < 1.29 is 19.1 Å². The first-order chi connectivity index (χ1) is 10.1. The van der Waals surface area contributed by atoms with Crippen molar-refractivity contribution >= 4 is 11.9 Å². The van der Waals surface area contributed by atoms with Crippen molar-refractivity contribution in [3.05, 3.63) is 35.5 Å². The fourth-order valence-corrected chi connectivity index (χ4v) is 1.80. The van der Waals surface area contributed by atoms with Gasteiger partial charge >= 0.3 is 5.97 Å². The van der Waals surface area contributed by atoms with Gasteiger partial charge in [-0.2, -0.15) is 0 Å². The molecule has 0 saturated carbocycles. The van der Waals surface area contributed by atoms with Gasteiger partial charge in [0, 0.05) is 6.42 Å². The van der Waals surface area contributed by atoms with Crippen LogP contribution in [-0.2, 0) is 24.3 Å². The topological polar surface area (TPSA) is 136 Å². The first-order valence-electron chi connectivity index (χ1n) is 6.26. The molecule has 0 spiro atoms. The molecule has 9 heteroatoms. The number of carbonyl (C=O) groups excluding carboxylic acids is 1.